The van der Waals surface area contributed by atoms with Crippen LogP contribution in [0.25, 0.3) is 0 Å². The van der Waals surface area contributed by atoms with Gasteiger partial charge in [-0.25, -0.2) is 0 Å². The van der Waals surface area contributed by atoms with Crippen LogP contribution >= 0.6 is 0 Å². The molecular formula is C15H24N2O2. The number of methoxy groups -OCH3 is 1. The van der Waals surface area contributed by atoms with Crippen molar-refractivity contribution in [3.05, 3.63) is 24.3 Å². The molecule has 0 heterocycles. The second kappa shape index (κ2) is 8.40. The predicted molar refractivity (Wildman–Crippen MR) is 78.6 cm³/mol. The van der Waals surface area contributed by atoms with Crippen molar-refractivity contribution in [2.24, 2.45) is 0 Å². The van der Waals surface area contributed by atoms with Crippen molar-refractivity contribution in [2.75, 3.05) is 19.0 Å². The quantitative estimate of drug-likeness (QED) is 0.710. The van der Waals surface area contributed by atoms with Gasteiger partial charge in [0.05, 0.1) is 7.11 Å². The van der Waals surface area contributed by atoms with E-state index in [-0.39, 0.29) is 11.9 Å². The lowest BCUT2D eigenvalue weighted by atomic mass is 10.2. The van der Waals surface area contributed by atoms with E-state index < -0.39 is 0 Å². The lowest BCUT2D eigenvalue weighted by Gasteiger charge is -2.15. The number of benzene rings is 1. The van der Waals surface area contributed by atoms with Gasteiger partial charge in [-0.3, -0.25) is 4.79 Å². The van der Waals surface area contributed by atoms with E-state index in [2.05, 4.69) is 17.6 Å². The van der Waals surface area contributed by atoms with Crippen LogP contribution in [0.15, 0.2) is 24.3 Å². The number of hydrogen-bond donors (Lipinski definition) is 2. The molecule has 1 atom stereocenters. The number of anilines is 1. The molecule has 4 nitrogen and oxygen atoms in total. The molecule has 1 aromatic rings. The summed E-state index contributed by atoms with van der Waals surface area (Å²) >= 11 is 0. The van der Waals surface area contributed by atoms with Gasteiger partial charge in [0.15, 0.2) is 0 Å². The molecule has 0 spiro atoms. The maximum atomic E-state index is 11.9. The summed E-state index contributed by atoms with van der Waals surface area (Å²) in [6.45, 7) is 4.75. The van der Waals surface area contributed by atoms with Gasteiger partial charge in [0.1, 0.15) is 11.8 Å². The number of nitrogens with one attached hydrogen (secondary N) is 2. The molecule has 2 N–H and O–H groups in total. The first-order valence-electron chi connectivity index (χ1n) is 6.85. The molecule has 0 saturated carbocycles. The van der Waals surface area contributed by atoms with Crippen molar-refractivity contribution in [2.45, 2.75) is 39.2 Å². The molecule has 1 rings (SSSR count). The SMILES string of the molecule is CCCCCNC(=O)C(C)Nc1cccc(OC)c1. The van der Waals surface area contributed by atoms with E-state index in [9.17, 15) is 4.79 Å². The van der Waals surface area contributed by atoms with Crippen LogP contribution in [0, 0.1) is 0 Å². The molecule has 0 saturated heterocycles. The molecule has 19 heavy (non-hydrogen) atoms. The lowest BCUT2D eigenvalue weighted by molar-refractivity contribution is -0.121. The second-order valence-corrected chi connectivity index (χ2v) is 4.60. The van der Waals surface area contributed by atoms with Gasteiger partial charge in [-0.1, -0.05) is 25.8 Å². The fourth-order valence-corrected chi connectivity index (χ4v) is 1.77. The zero-order valence-corrected chi connectivity index (χ0v) is 12.0. The number of rotatable bonds is 8. The van der Waals surface area contributed by atoms with Crippen LogP contribution in [0.1, 0.15) is 33.1 Å². The molecule has 0 radical (unpaired) electrons. The Labute approximate surface area is 115 Å². The monoisotopic (exact) mass is 264 g/mol. The first kappa shape index (κ1) is 15.3. The Hall–Kier alpha value is -1.71. The summed E-state index contributed by atoms with van der Waals surface area (Å²) in [6, 6.07) is 7.31. The van der Waals surface area contributed by atoms with Crippen LogP contribution in [0.4, 0.5) is 5.69 Å². The van der Waals surface area contributed by atoms with Gasteiger partial charge in [0.25, 0.3) is 0 Å². The number of hydrogen-bond acceptors (Lipinski definition) is 3. The van der Waals surface area contributed by atoms with Crippen LogP contribution in [-0.2, 0) is 4.79 Å². The third-order valence-electron chi connectivity index (χ3n) is 2.93. The van der Waals surface area contributed by atoms with Crippen molar-refractivity contribution >= 4 is 11.6 Å². The molecule has 1 aromatic carbocycles. The Morgan fingerprint density at radius 2 is 2.16 bits per heavy atom. The highest BCUT2D eigenvalue weighted by atomic mass is 16.5. The highest BCUT2D eigenvalue weighted by Gasteiger charge is 2.11. The standard InChI is InChI=1S/C15H24N2O2/c1-4-5-6-10-16-15(18)12(2)17-13-8-7-9-14(11-13)19-3/h7-9,11-12,17H,4-6,10H2,1-3H3,(H,16,18). The predicted octanol–water partition coefficient (Wildman–Crippen LogP) is 2.80. The first-order chi connectivity index (χ1) is 9.17. The number of amides is 1. The normalized spacial score (nSPS) is 11.7. The molecule has 4 heteroatoms. The number of carbonyl (C=O) groups excluding carboxylic acids is 1. The fraction of sp³-hybridized carbons (Fsp3) is 0.533. The topological polar surface area (TPSA) is 50.4 Å². The fourth-order valence-electron chi connectivity index (χ4n) is 1.77. The van der Waals surface area contributed by atoms with Crippen molar-refractivity contribution in [1.82, 2.24) is 5.32 Å². The van der Waals surface area contributed by atoms with Crippen LogP contribution in [-0.4, -0.2) is 25.6 Å². The number of ether oxygens (including phenoxy) is 1. The Bertz CT molecular complexity index is 393. The summed E-state index contributed by atoms with van der Waals surface area (Å²) in [7, 11) is 1.63. The van der Waals surface area contributed by atoms with Gasteiger partial charge < -0.3 is 15.4 Å². The molecular weight excluding hydrogens is 240 g/mol. The van der Waals surface area contributed by atoms with E-state index in [1.54, 1.807) is 7.11 Å². The van der Waals surface area contributed by atoms with Crippen LogP contribution in [0.5, 0.6) is 5.75 Å². The Kier molecular flexibility index (Phi) is 6.79. The third-order valence-corrected chi connectivity index (χ3v) is 2.93. The minimum Gasteiger partial charge on any atom is -0.497 e. The largest absolute Gasteiger partial charge is 0.497 e. The Balaban J connectivity index is 2.40. The van der Waals surface area contributed by atoms with Gasteiger partial charge in [-0.05, 0) is 25.5 Å². The lowest BCUT2D eigenvalue weighted by Crippen LogP contribution is -2.38. The van der Waals surface area contributed by atoms with Gasteiger partial charge in [0.2, 0.25) is 5.91 Å². The number of unbranched alkanes of at least 4 members (excludes halogenated alkanes) is 2. The first-order valence-corrected chi connectivity index (χ1v) is 6.85. The zero-order valence-electron chi connectivity index (χ0n) is 12.0. The van der Waals surface area contributed by atoms with E-state index in [1.807, 2.05) is 31.2 Å². The average molecular weight is 264 g/mol. The molecule has 0 bridgehead atoms. The van der Waals surface area contributed by atoms with E-state index >= 15 is 0 Å². The second-order valence-electron chi connectivity index (χ2n) is 4.60. The van der Waals surface area contributed by atoms with Gasteiger partial charge in [-0.15, -0.1) is 0 Å². The van der Waals surface area contributed by atoms with Crippen LogP contribution in [0.3, 0.4) is 0 Å². The maximum absolute atomic E-state index is 11.9. The van der Waals surface area contributed by atoms with Crippen molar-refractivity contribution in [1.29, 1.82) is 0 Å². The molecule has 1 amide bonds. The summed E-state index contributed by atoms with van der Waals surface area (Å²) in [5, 5.41) is 6.10. The van der Waals surface area contributed by atoms with E-state index in [4.69, 9.17) is 4.74 Å². The van der Waals surface area contributed by atoms with Crippen molar-refractivity contribution in [3.8, 4) is 5.75 Å². The molecule has 0 aliphatic heterocycles. The van der Waals surface area contributed by atoms with Crippen molar-refractivity contribution in [3.63, 3.8) is 0 Å². The van der Waals surface area contributed by atoms with Crippen LogP contribution in [0.2, 0.25) is 0 Å². The summed E-state index contributed by atoms with van der Waals surface area (Å²) in [6.07, 6.45) is 3.35. The third kappa shape index (κ3) is 5.64. The summed E-state index contributed by atoms with van der Waals surface area (Å²) in [4.78, 5) is 11.9. The highest BCUT2D eigenvalue weighted by molar-refractivity contribution is 5.84. The minimum atomic E-state index is -0.256. The smallest absolute Gasteiger partial charge is 0.242 e. The van der Waals surface area contributed by atoms with Crippen LogP contribution < -0.4 is 15.4 Å². The Morgan fingerprint density at radius 3 is 2.84 bits per heavy atom. The number of carbonyl (C=O) groups is 1. The molecule has 0 aromatic heterocycles. The van der Waals surface area contributed by atoms with E-state index in [1.165, 1.54) is 0 Å². The van der Waals surface area contributed by atoms with Crippen molar-refractivity contribution < 1.29 is 9.53 Å². The summed E-state index contributed by atoms with van der Waals surface area (Å²) in [5.74, 6) is 0.805. The Morgan fingerprint density at radius 1 is 1.37 bits per heavy atom. The minimum absolute atomic E-state index is 0.0268. The molecule has 0 aliphatic carbocycles. The van der Waals surface area contributed by atoms with E-state index in [0.717, 1.165) is 37.2 Å². The molecule has 1 unspecified atom stereocenters. The highest BCUT2D eigenvalue weighted by Crippen LogP contribution is 2.17. The molecule has 0 fully saturated rings. The molecule has 106 valence electrons. The maximum Gasteiger partial charge on any atom is 0.242 e. The average Bonchev–Trinajstić information content (AvgIpc) is 2.43. The van der Waals surface area contributed by atoms with Gasteiger partial charge in [0, 0.05) is 18.3 Å². The van der Waals surface area contributed by atoms with Gasteiger partial charge >= 0.3 is 0 Å². The summed E-state index contributed by atoms with van der Waals surface area (Å²) in [5.41, 5.74) is 0.885. The van der Waals surface area contributed by atoms with Gasteiger partial charge in [-0.2, -0.15) is 0 Å². The van der Waals surface area contributed by atoms with E-state index in [0.29, 0.717) is 0 Å². The zero-order chi connectivity index (χ0) is 14.1. The molecule has 0 aliphatic rings. The summed E-state index contributed by atoms with van der Waals surface area (Å²) < 4.78 is 5.15.